The molecule has 1 nitrogen and oxygen atoms in total. The molecule has 1 heterocycles. The summed E-state index contributed by atoms with van der Waals surface area (Å²) in [7, 11) is -0.0992. The summed E-state index contributed by atoms with van der Waals surface area (Å²) in [6.45, 7) is 2.25. The lowest BCUT2D eigenvalue weighted by Crippen LogP contribution is -2.11. The fraction of sp³-hybridized carbons (Fsp3) is 0.115. The van der Waals surface area contributed by atoms with Gasteiger partial charge in [0, 0.05) is 11.1 Å². The lowest BCUT2D eigenvalue weighted by Gasteiger charge is -2.32. The van der Waals surface area contributed by atoms with Crippen molar-refractivity contribution in [2.45, 2.75) is 6.92 Å². The molecule has 0 aromatic heterocycles. The maximum atomic E-state index is 6.41. The molecule has 0 bridgehead atoms. The van der Waals surface area contributed by atoms with Gasteiger partial charge in [-0.25, -0.2) is 4.52 Å². The van der Waals surface area contributed by atoms with E-state index in [0.717, 1.165) is 6.16 Å². The topological polar surface area (TPSA) is 9.23 Å². The molecule has 1 aliphatic rings. The van der Waals surface area contributed by atoms with Crippen LogP contribution in [0.25, 0.3) is 10.6 Å². The van der Waals surface area contributed by atoms with Crippen LogP contribution in [-0.4, -0.2) is 13.3 Å². The van der Waals surface area contributed by atoms with Crippen LogP contribution in [0.1, 0.15) is 23.6 Å². The van der Waals surface area contributed by atoms with Crippen LogP contribution in [0.15, 0.2) is 103 Å². The molecule has 0 atom stereocenters. The predicted octanol–water partition coefficient (Wildman–Crippen LogP) is 7.30. The molecular formula is C26H25OP+. The molecular weight excluding hydrogens is 359 g/mol. The highest BCUT2D eigenvalue weighted by Crippen LogP contribution is 2.79. The summed E-state index contributed by atoms with van der Waals surface area (Å²) >= 11 is 0. The number of benzene rings is 3. The molecule has 0 saturated heterocycles. The third kappa shape index (κ3) is 3.37. The highest BCUT2D eigenvalue weighted by molar-refractivity contribution is 7.90. The Hall–Kier alpha value is -2.47. The molecule has 1 radical (unpaired) electrons. The quantitative estimate of drug-likeness (QED) is 0.419. The van der Waals surface area contributed by atoms with E-state index < -0.39 is 7.49 Å². The van der Waals surface area contributed by atoms with Crippen LogP contribution in [0.5, 0.6) is 0 Å². The number of hydrogen-bond acceptors (Lipinski definition) is 1. The summed E-state index contributed by atoms with van der Waals surface area (Å²) < 4.78 is 6.41. The molecule has 0 fully saturated rings. The summed E-state index contributed by atoms with van der Waals surface area (Å²) in [4.78, 5) is 0. The molecule has 0 aliphatic carbocycles. The molecule has 3 aromatic carbocycles. The molecule has 0 amide bonds. The molecule has 0 spiro atoms. The minimum Gasteiger partial charge on any atom is -0.230 e. The first-order valence-corrected chi connectivity index (χ1v) is 11.6. The Kier molecular flexibility index (Phi) is 5.57. The van der Waals surface area contributed by atoms with Gasteiger partial charge < -0.3 is 0 Å². The first kappa shape index (κ1) is 18.9. The van der Waals surface area contributed by atoms with Crippen molar-refractivity contribution in [3.63, 3.8) is 0 Å². The van der Waals surface area contributed by atoms with Gasteiger partial charge in [0.1, 0.15) is 10.6 Å². The van der Waals surface area contributed by atoms with E-state index >= 15 is 0 Å². The largest absolute Gasteiger partial charge is 0.230 e. The second-order valence-electron chi connectivity index (χ2n) is 6.85. The predicted molar refractivity (Wildman–Crippen MR) is 122 cm³/mol. The smallest absolute Gasteiger partial charge is 0.210 e. The van der Waals surface area contributed by atoms with E-state index in [-0.39, 0.29) is 0 Å². The van der Waals surface area contributed by atoms with Crippen molar-refractivity contribution in [2.75, 3.05) is 13.3 Å². The van der Waals surface area contributed by atoms with Crippen molar-refractivity contribution in [3.8, 4) is 0 Å². The van der Waals surface area contributed by atoms with Gasteiger partial charge in [0.25, 0.3) is 0 Å². The highest BCUT2D eigenvalue weighted by atomic mass is 31.2. The Morgan fingerprint density at radius 1 is 0.607 bits per heavy atom. The molecule has 28 heavy (non-hydrogen) atoms. The van der Waals surface area contributed by atoms with Gasteiger partial charge in [-0.2, -0.15) is 0 Å². The van der Waals surface area contributed by atoms with E-state index in [2.05, 4.69) is 110 Å². The highest BCUT2D eigenvalue weighted by Gasteiger charge is 2.50. The Morgan fingerprint density at radius 3 is 1.36 bits per heavy atom. The van der Waals surface area contributed by atoms with E-state index in [1.807, 2.05) is 7.11 Å². The molecule has 1 aliphatic heterocycles. The lowest BCUT2D eigenvalue weighted by atomic mass is 9.95. The van der Waals surface area contributed by atoms with Gasteiger partial charge in [0.15, 0.2) is 0 Å². The van der Waals surface area contributed by atoms with Gasteiger partial charge in [0.2, 0.25) is 7.49 Å². The zero-order valence-electron chi connectivity index (χ0n) is 16.4. The summed E-state index contributed by atoms with van der Waals surface area (Å²) in [6.07, 6.45) is 5.66. The molecule has 139 valence electrons. The van der Waals surface area contributed by atoms with E-state index in [0.29, 0.717) is 0 Å². The Balaban J connectivity index is 1.96. The molecule has 0 N–H and O–H groups in total. The van der Waals surface area contributed by atoms with Gasteiger partial charge in [-0.3, -0.25) is 0 Å². The summed E-state index contributed by atoms with van der Waals surface area (Å²) in [5.41, 5.74) is 3.72. The monoisotopic (exact) mass is 384 g/mol. The number of allylic oxidation sites excluding steroid dienone is 2. The lowest BCUT2D eigenvalue weighted by molar-refractivity contribution is 0.460. The van der Waals surface area contributed by atoms with E-state index in [9.17, 15) is 0 Å². The van der Waals surface area contributed by atoms with Crippen LogP contribution in [0.4, 0.5) is 0 Å². The van der Waals surface area contributed by atoms with Crippen molar-refractivity contribution in [1.82, 2.24) is 0 Å². The third-order valence-corrected chi connectivity index (χ3v) is 9.21. The molecule has 0 unspecified atom stereocenters. The number of rotatable bonds is 5. The van der Waals surface area contributed by atoms with E-state index in [1.165, 1.54) is 33.2 Å². The fourth-order valence-corrected chi connectivity index (χ4v) is 7.36. The second kappa shape index (κ2) is 8.27. The molecule has 2 heteroatoms. The van der Waals surface area contributed by atoms with Gasteiger partial charge in [0.05, 0.1) is 19.2 Å². The van der Waals surface area contributed by atoms with Crippen LogP contribution in [-0.2, 0) is 4.52 Å². The van der Waals surface area contributed by atoms with Crippen LogP contribution < -0.4 is 0 Å². The summed E-state index contributed by atoms with van der Waals surface area (Å²) in [5.74, 6) is 1.24. The normalized spacial score (nSPS) is 16.4. The molecule has 0 saturated carbocycles. The number of hydrogen-bond donors (Lipinski definition) is 0. The average molecular weight is 384 g/mol. The maximum absolute atomic E-state index is 6.41. The Morgan fingerprint density at radius 2 is 1.00 bits per heavy atom. The van der Waals surface area contributed by atoms with Gasteiger partial charge in [-0.15, -0.1) is 0 Å². The standard InChI is InChI=1S/C26H25OP/c1-3-28(27-2)25(22-15-9-5-10-16-22)19-24(21-13-7-4-8-14-21)20-26(28)23-17-11-6-12-18-23/h4-20H,3H2,1-2H3/q+1. The van der Waals surface area contributed by atoms with Gasteiger partial charge >= 0.3 is 0 Å². The zero-order valence-corrected chi connectivity index (χ0v) is 17.3. The minimum atomic E-state index is -1.97. The van der Waals surface area contributed by atoms with Crippen LogP contribution >= 0.6 is 7.49 Å². The minimum absolute atomic E-state index is 0.965. The van der Waals surface area contributed by atoms with Gasteiger partial charge in [-0.05, 0) is 24.6 Å². The van der Waals surface area contributed by atoms with Crippen molar-refractivity contribution >= 4 is 18.1 Å². The fourth-order valence-electron chi connectivity index (χ4n) is 3.94. The SMILES string of the molecule is CC[P+]1(OC)C(c2ccccc2)=C[C](c2ccccc2)C=C1c1ccccc1. The Bertz CT molecular complexity index is 911. The van der Waals surface area contributed by atoms with Crippen LogP contribution in [0.2, 0.25) is 0 Å². The van der Waals surface area contributed by atoms with Gasteiger partial charge in [-0.1, -0.05) is 91.0 Å². The molecule has 3 aromatic rings. The van der Waals surface area contributed by atoms with Crippen molar-refractivity contribution in [3.05, 3.63) is 126 Å². The van der Waals surface area contributed by atoms with Crippen molar-refractivity contribution in [2.24, 2.45) is 0 Å². The maximum Gasteiger partial charge on any atom is 0.210 e. The van der Waals surface area contributed by atoms with Crippen molar-refractivity contribution < 1.29 is 4.52 Å². The molecule has 4 rings (SSSR count). The third-order valence-electron chi connectivity index (χ3n) is 5.37. The van der Waals surface area contributed by atoms with Crippen LogP contribution in [0, 0.1) is 5.92 Å². The second-order valence-corrected chi connectivity index (χ2v) is 10.3. The Labute approximate surface area is 168 Å². The first-order chi connectivity index (χ1) is 13.8. The first-order valence-electron chi connectivity index (χ1n) is 9.70. The van der Waals surface area contributed by atoms with Crippen molar-refractivity contribution in [1.29, 1.82) is 0 Å². The van der Waals surface area contributed by atoms with Crippen LogP contribution in [0.3, 0.4) is 0 Å². The van der Waals surface area contributed by atoms with E-state index in [1.54, 1.807) is 0 Å². The zero-order chi connectivity index (χ0) is 19.4. The summed E-state index contributed by atoms with van der Waals surface area (Å²) in [5, 5.41) is 2.64. The summed E-state index contributed by atoms with van der Waals surface area (Å²) in [6, 6.07) is 32.0. The average Bonchev–Trinajstić information content (AvgIpc) is 2.80. The van der Waals surface area contributed by atoms with E-state index in [4.69, 9.17) is 4.52 Å².